The minimum atomic E-state index is -0.269. The molecule has 0 bridgehead atoms. The number of rotatable bonds is 7. The average Bonchev–Trinajstić information content (AvgIpc) is 3.40. The van der Waals surface area contributed by atoms with Crippen molar-refractivity contribution in [3.8, 4) is 17.3 Å². The van der Waals surface area contributed by atoms with Gasteiger partial charge in [-0.15, -0.1) is 0 Å². The zero-order chi connectivity index (χ0) is 23.6. The van der Waals surface area contributed by atoms with Gasteiger partial charge in [0.15, 0.2) is 5.82 Å². The van der Waals surface area contributed by atoms with Gasteiger partial charge < -0.3 is 15.0 Å². The molecule has 1 saturated heterocycles. The maximum absolute atomic E-state index is 12.5. The number of likely N-dealkylation sites (N-methyl/N-ethyl adjacent to an activating group) is 2. The zero-order valence-corrected chi connectivity index (χ0v) is 20.5. The number of aryl methyl sites for hydroxylation is 1. The third kappa shape index (κ3) is 5.79. The molecule has 4 rings (SSSR count). The van der Waals surface area contributed by atoms with E-state index in [9.17, 15) is 4.79 Å². The van der Waals surface area contributed by atoms with E-state index in [-0.39, 0.29) is 24.1 Å². The number of ether oxygens (including phenoxy) is 1. The van der Waals surface area contributed by atoms with Crippen LogP contribution in [0.5, 0.6) is 5.75 Å². The molecule has 178 valence electrons. The van der Waals surface area contributed by atoms with Crippen molar-refractivity contribution < 1.29 is 9.53 Å². The van der Waals surface area contributed by atoms with Gasteiger partial charge in [-0.05, 0) is 59.1 Å². The Bertz CT molecular complexity index is 1000. The number of nitrogens with zero attached hydrogens (tertiary/aromatic N) is 5. The minimum Gasteiger partial charge on any atom is -0.489 e. The van der Waals surface area contributed by atoms with Gasteiger partial charge in [0.2, 0.25) is 5.91 Å². The summed E-state index contributed by atoms with van der Waals surface area (Å²) >= 11 is 0. The smallest absolute Gasteiger partial charge is 0.239 e. The fourth-order valence-corrected chi connectivity index (χ4v) is 4.57. The molecule has 0 spiro atoms. The van der Waals surface area contributed by atoms with Crippen molar-refractivity contribution in [1.82, 2.24) is 25.2 Å². The normalized spacial score (nSPS) is 18.3. The Labute approximate surface area is 196 Å². The Balaban J connectivity index is 1.56. The van der Waals surface area contributed by atoms with E-state index in [1.165, 1.54) is 0 Å². The first-order chi connectivity index (χ1) is 15.7. The quantitative estimate of drug-likeness (QED) is 0.692. The van der Waals surface area contributed by atoms with Gasteiger partial charge in [0.1, 0.15) is 23.4 Å². The minimum absolute atomic E-state index is 0.0249. The predicted octanol–water partition coefficient (Wildman–Crippen LogP) is 2.85. The van der Waals surface area contributed by atoms with Crippen molar-refractivity contribution >= 4 is 11.7 Å². The molecule has 1 atom stereocenters. The van der Waals surface area contributed by atoms with Gasteiger partial charge in [0.25, 0.3) is 0 Å². The maximum Gasteiger partial charge on any atom is 0.239 e. The maximum atomic E-state index is 12.5. The number of carbonyl (C=O) groups excluding carboxylic acids is 1. The fourth-order valence-electron chi connectivity index (χ4n) is 4.57. The molecule has 1 fully saturated rings. The van der Waals surface area contributed by atoms with Crippen LogP contribution in [0, 0.1) is 0 Å². The van der Waals surface area contributed by atoms with Gasteiger partial charge in [-0.3, -0.25) is 14.7 Å². The Morgan fingerprint density at radius 2 is 2.12 bits per heavy atom. The van der Waals surface area contributed by atoms with Crippen molar-refractivity contribution in [2.45, 2.75) is 65.0 Å². The molecule has 33 heavy (non-hydrogen) atoms. The molecule has 0 radical (unpaired) electrons. The lowest BCUT2D eigenvalue weighted by Gasteiger charge is -2.25. The molecule has 8 nitrogen and oxygen atoms in total. The molecular weight excluding hydrogens is 416 g/mol. The third-order valence-electron chi connectivity index (χ3n) is 6.11. The summed E-state index contributed by atoms with van der Waals surface area (Å²) in [6, 6.07) is 3.83. The summed E-state index contributed by atoms with van der Waals surface area (Å²) in [5.74, 6) is 2.18. The number of aromatic nitrogens is 3. The van der Waals surface area contributed by atoms with Gasteiger partial charge in [-0.1, -0.05) is 6.92 Å². The summed E-state index contributed by atoms with van der Waals surface area (Å²) in [7, 11) is 1.92. The number of amides is 1. The van der Waals surface area contributed by atoms with Crippen LogP contribution < -0.4 is 15.0 Å². The topological polar surface area (TPSA) is 83.5 Å². The number of pyridine rings is 1. The molecule has 2 aliphatic rings. The molecule has 3 heterocycles. The van der Waals surface area contributed by atoms with Crippen LogP contribution in [0.3, 0.4) is 0 Å². The molecule has 0 saturated carbocycles. The van der Waals surface area contributed by atoms with Gasteiger partial charge in [-0.25, -0.2) is 9.97 Å². The standard InChI is InChI=1S/C25H36N6O2/c1-6-31-13-11-18(15-31)33-17-10-12-26-21(14-17)23-27-20-9-7-8-19(20)24(28-23)30(5)16-22(32)29-25(2,3)4/h10,12,14,18H,6-9,11,13,15-16H2,1-5H3,(H,29,32)/t18-/m1/s1. The number of fused-ring (bicyclic) bond motifs is 1. The third-order valence-corrected chi connectivity index (χ3v) is 6.11. The first-order valence-electron chi connectivity index (χ1n) is 12.0. The van der Waals surface area contributed by atoms with Gasteiger partial charge in [0.05, 0.1) is 6.54 Å². The van der Waals surface area contributed by atoms with Crippen LogP contribution in [0.1, 0.15) is 51.8 Å². The van der Waals surface area contributed by atoms with E-state index in [2.05, 4.69) is 22.1 Å². The van der Waals surface area contributed by atoms with Crippen LogP contribution in [0.4, 0.5) is 5.82 Å². The molecule has 8 heteroatoms. The molecule has 2 aromatic rings. The predicted molar refractivity (Wildman–Crippen MR) is 130 cm³/mol. The van der Waals surface area contributed by atoms with E-state index < -0.39 is 0 Å². The Morgan fingerprint density at radius 3 is 2.85 bits per heavy atom. The molecule has 0 unspecified atom stereocenters. The Morgan fingerprint density at radius 1 is 1.30 bits per heavy atom. The SMILES string of the molecule is CCN1CC[C@@H](Oc2ccnc(-c3nc4c(c(N(C)CC(=O)NC(C)(C)C)n3)CCC4)c2)C1. The first kappa shape index (κ1) is 23.4. The Kier molecular flexibility index (Phi) is 6.83. The van der Waals surface area contributed by atoms with Crippen molar-refractivity contribution in [1.29, 1.82) is 0 Å². The van der Waals surface area contributed by atoms with Gasteiger partial charge in [0, 0.05) is 49.2 Å². The number of hydrogen-bond donors (Lipinski definition) is 1. The number of likely N-dealkylation sites (tertiary alicyclic amines) is 1. The van der Waals surface area contributed by atoms with Crippen molar-refractivity contribution in [3.63, 3.8) is 0 Å². The first-order valence-corrected chi connectivity index (χ1v) is 12.0. The number of carbonyl (C=O) groups is 1. The summed E-state index contributed by atoms with van der Waals surface area (Å²) in [6.45, 7) is 11.5. The van der Waals surface area contributed by atoms with Crippen LogP contribution in [0.15, 0.2) is 18.3 Å². The highest BCUT2D eigenvalue weighted by Gasteiger charge is 2.25. The molecule has 2 aromatic heterocycles. The fraction of sp³-hybridized carbons (Fsp3) is 0.600. The van der Waals surface area contributed by atoms with Crippen molar-refractivity contribution in [2.75, 3.05) is 38.1 Å². The summed E-state index contributed by atoms with van der Waals surface area (Å²) in [6.07, 6.45) is 5.90. The second-order valence-corrected chi connectivity index (χ2v) is 10.1. The Hall–Kier alpha value is -2.74. The lowest BCUT2D eigenvalue weighted by molar-refractivity contribution is -0.121. The molecule has 1 amide bonds. The van der Waals surface area contributed by atoms with E-state index >= 15 is 0 Å². The summed E-state index contributed by atoms with van der Waals surface area (Å²) in [5.41, 5.74) is 2.62. The zero-order valence-electron chi connectivity index (χ0n) is 20.5. The average molecular weight is 453 g/mol. The van der Waals surface area contributed by atoms with Crippen LogP contribution in [0.2, 0.25) is 0 Å². The summed E-state index contributed by atoms with van der Waals surface area (Å²) in [5, 5.41) is 3.03. The van der Waals surface area contributed by atoms with Crippen LogP contribution >= 0.6 is 0 Å². The molecule has 1 N–H and O–H groups in total. The summed E-state index contributed by atoms with van der Waals surface area (Å²) < 4.78 is 6.24. The van der Waals surface area contributed by atoms with Crippen LogP contribution in [0.25, 0.3) is 11.5 Å². The van der Waals surface area contributed by atoms with Crippen molar-refractivity contribution in [2.24, 2.45) is 0 Å². The van der Waals surface area contributed by atoms with Crippen LogP contribution in [-0.4, -0.2) is 70.6 Å². The van der Waals surface area contributed by atoms with Crippen molar-refractivity contribution in [3.05, 3.63) is 29.6 Å². The second kappa shape index (κ2) is 9.63. The molecule has 1 aliphatic heterocycles. The highest BCUT2D eigenvalue weighted by molar-refractivity contribution is 5.82. The lowest BCUT2D eigenvalue weighted by Crippen LogP contribution is -2.45. The van der Waals surface area contributed by atoms with E-state index in [0.29, 0.717) is 11.5 Å². The molecule has 1 aliphatic carbocycles. The van der Waals surface area contributed by atoms with E-state index in [1.807, 2.05) is 44.9 Å². The second-order valence-electron chi connectivity index (χ2n) is 10.1. The number of nitrogens with one attached hydrogen (secondary N) is 1. The van der Waals surface area contributed by atoms with Gasteiger partial charge >= 0.3 is 0 Å². The highest BCUT2D eigenvalue weighted by Crippen LogP contribution is 2.31. The van der Waals surface area contributed by atoms with Crippen LogP contribution in [-0.2, 0) is 17.6 Å². The molecular formula is C25H36N6O2. The van der Waals surface area contributed by atoms with E-state index in [1.54, 1.807) is 6.20 Å². The number of anilines is 1. The lowest BCUT2D eigenvalue weighted by atomic mass is 10.1. The number of hydrogen-bond acceptors (Lipinski definition) is 7. The highest BCUT2D eigenvalue weighted by atomic mass is 16.5. The largest absolute Gasteiger partial charge is 0.489 e. The monoisotopic (exact) mass is 452 g/mol. The van der Waals surface area contributed by atoms with E-state index in [0.717, 1.165) is 68.1 Å². The molecule has 0 aromatic carbocycles. The van der Waals surface area contributed by atoms with Gasteiger partial charge in [-0.2, -0.15) is 0 Å². The summed E-state index contributed by atoms with van der Waals surface area (Å²) in [4.78, 5) is 31.1. The van der Waals surface area contributed by atoms with E-state index in [4.69, 9.17) is 14.7 Å².